The van der Waals surface area contributed by atoms with Crippen molar-refractivity contribution in [1.29, 1.82) is 0 Å². The van der Waals surface area contributed by atoms with Crippen LogP contribution in [0.15, 0.2) is 45.3 Å². The first kappa shape index (κ1) is 16.0. The highest BCUT2D eigenvalue weighted by molar-refractivity contribution is 9.10. The lowest BCUT2D eigenvalue weighted by Crippen LogP contribution is -2.17. The zero-order chi connectivity index (χ0) is 15.6. The van der Waals surface area contributed by atoms with Crippen LogP contribution < -0.4 is 10.2 Å². The van der Waals surface area contributed by atoms with Crippen LogP contribution in [0.2, 0.25) is 0 Å². The predicted octanol–water partition coefficient (Wildman–Crippen LogP) is 4.67. The van der Waals surface area contributed by atoms with Crippen LogP contribution in [0, 0.1) is 5.82 Å². The Morgan fingerprint density at radius 2 is 1.86 bits per heavy atom. The average molecular weight is 416 g/mol. The molecule has 0 atom stereocenters. The van der Waals surface area contributed by atoms with Crippen LogP contribution >= 0.6 is 31.9 Å². The fourth-order valence-electron chi connectivity index (χ4n) is 1.86. The Morgan fingerprint density at radius 1 is 1.14 bits per heavy atom. The summed E-state index contributed by atoms with van der Waals surface area (Å²) in [4.78, 5) is 14.2. The summed E-state index contributed by atoms with van der Waals surface area (Å²) in [5.74, 6) is -0.826. The quantitative estimate of drug-likeness (QED) is 0.789. The Labute approximate surface area is 139 Å². The second-order valence-corrected chi connectivity index (χ2v) is 6.40. The smallest absolute Gasteiger partial charge is 0.256 e. The number of carbonyl (C=O) groups is 1. The first-order chi connectivity index (χ1) is 9.88. The fraction of sp³-hybridized carbons (Fsp3) is 0.133. The molecule has 0 unspecified atom stereocenters. The van der Waals surface area contributed by atoms with Crippen LogP contribution in [0.4, 0.5) is 15.8 Å². The standard InChI is InChI=1S/C15H13Br2FN2O/c1-20(2)14-6-3-9(16)7-13(14)19-15(21)11-8-10(18)4-5-12(11)17/h3-8H,1-2H3,(H,19,21). The van der Waals surface area contributed by atoms with Gasteiger partial charge in [-0.1, -0.05) is 15.9 Å². The van der Waals surface area contributed by atoms with Crippen molar-refractivity contribution in [3.8, 4) is 0 Å². The molecule has 0 bridgehead atoms. The largest absolute Gasteiger partial charge is 0.376 e. The summed E-state index contributed by atoms with van der Waals surface area (Å²) in [5.41, 5.74) is 1.76. The number of nitrogens with one attached hydrogen (secondary N) is 1. The van der Waals surface area contributed by atoms with Gasteiger partial charge in [0, 0.05) is 23.0 Å². The van der Waals surface area contributed by atoms with E-state index in [1.54, 1.807) is 6.07 Å². The number of amides is 1. The van der Waals surface area contributed by atoms with Crippen molar-refractivity contribution in [2.45, 2.75) is 0 Å². The first-order valence-corrected chi connectivity index (χ1v) is 7.70. The summed E-state index contributed by atoms with van der Waals surface area (Å²) in [7, 11) is 3.77. The summed E-state index contributed by atoms with van der Waals surface area (Å²) in [6.45, 7) is 0. The second kappa shape index (κ2) is 6.58. The molecule has 6 heteroatoms. The van der Waals surface area contributed by atoms with Crippen LogP contribution in [0.5, 0.6) is 0 Å². The second-order valence-electron chi connectivity index (χ2n) is 4.63. The Bertz CT molecular complexity index is 689. The third-order valence-corrected chi connectivity index (χ3v) is 4.05. The summed E-state index contributed by atoms with van der Waals surface area (Å²) >= 11 is 6.64. The molecule has 0 radical (unpaired) electrons. The number of hydrogen-bond acceptors (Lipinski definition) is 2. The first-order valence-electron chi connectivity index (χ1n) is 6.12. The minimum atomic E-state index is -0.453. The summed E-state index contributed by atoms with van der Waals surface area (Å²) < 4.78 is 14.7. The molecule has 1 amide bonds. The molecule has 2 aromatic rings. The van der Waals surface area contributed by atoms with E-state index >= 15 is 0 Å². The van der Waals surface area contributed by atoms with Crippen molar-refractivity contribution in [2.24, 2.45) is 0 Å². The fourth-order valence-corrected chi connectivity index (χ4v) is 2.65. The molecule has 0 saturated carbocycles. The van der Waals surface area contributed by atoms with Crippen LogP contribution in [0.25, 0.3) is 0 Å². The zero-order valence-electron chi connectivity index (χ0n) is 11.5. The number of benzene rings is 2. The lowest BCUT2D eigenvalue weighted by molar-refractivity contribution is 0.102. The van der Waals surface area contributed by atoms with E-state index in [9.17, 15) is 9.18 Å². The molecular formula is C15H13Br2FN2O. The van der Waals surface area contributed by atoms with E-state index in [-0.39, 0.29) is 11.5 Å². The zero-order valence-corrected chi connectivity index (χ0v) is 14.6. The number of nitrogens with zero attached hydrogens (tertiary/aromatic N) is 1. The van der Waals surface area contributed by atoms with Gasteiger partial charge in [0.2, 0.25) is 0 Å². The Morgan fingerprint density at radius 3 is 2.52 bits per heavy atom. The van der Waals surface area contributed by atoms with Gasteiger partial charge in [0.25, 0.3) is 5.91 Å². The van der Waals surface area contributed by atoms with E-state index in [0.29, 0.717) is 10.2 Å². The van der Waals surface area contributed by atoms with Gasteiger partial charge in [-0.25, -0.2) is 4.39 Å². The third kappa shape index (κ3) is 3.83. The molecule has 0 aliphatic rings. The maximum Gasteiger partial charge on any atom is 0.256 e. The number of hydrogen-bond donors (Lipinski definition) is 1. The highest BCUT2D eigenvalue weighted by Crippen LogP contribution is 2.29. The van der Waals surface area contributed by atoms with Gasteiger partial charge in [0.1, 0.15) is 5.82 Å². The molecular weight excluding hydrogens is 403 g/mol. The van der Waals surface area contributed by atoms with Crippen molar-refractivity contribution in [1.82, 2.24) is 0 Å². The van der Waals surface area contributed by atoms with Gasteiger partial charge in [0.15, 0.2) is 0 Å². The number of anilines is 2. The van der Waals surface area contributed by atoms with Crippen molar-refractivity contribution >= 4 is 49.1 Å². The molecule has 0 aromatic heterocycles. The van der Waals surface area contributed by atoms with Gasteiger partial charge in [0.05, 0.1) is 16.9 Å². The van der Waals surface area contributed by atoms with Gasteiger partial charge in [-0.05, 0) is 52.3 Å². The predicted molar refractivity (Wildman–Crippen MR) is 90.5 cm³/mol. The topological polar surface area (TPSA) is 32.3 Å². The van der Waals surface area contributed by atoms with Gasteiger partial charge < -0.3 is 10.2 Å². The van der Waals surface area contributed by atoms with Crippen LogP contribution in [-0.4, -0.2) is 20.0 Å². The number of halogens is 3. The van der Waals surface area contributed by atoms with Crippen molar-refractivity contribution in [3.05, 3.63) is 56.7 Å². The van der Waals surface area contributed by atoms with E-state index in [4.69, 9.17) is 0 Å². The highest BCUT2D eigenvalue weighted by atomic mass is 79.9. The normalized spacial score (nSPS) is 10.3. The van der Waals surface area contributed by atoms with Gasteiger partial charge >= 0.3 is 0 Å². The lowest BCUT2D eigenvalue weighted by atomic mass is 10.2. The Hall–Kier alpha value is -1.40. The maximum atomic E-state index is 13.3. The Kier molecular flexibility index (Phi) is 5.00. The molecule has 2 rings (SSSR count). The molecule has 110 valence electrons. The molecule has 0 aliphatic carbocycles. The summed E-state index contributed by atoms with van der Waals surface area (Å²) in [5, 5.41) is 2.81. The molecule has 21 heavy (non-hydrogen) atoms. The lowest BCUT2D eigenvalue weighted by Gasteiger charge is -2.18. The molecule has 3 nitrogen and oxygen atoms in total. The van der Waals surface area contributed by atoms with E-state index in [1.807, 2.05) is 31.1 Å². The van der Waals surface area contributed by atoms with Crippen LogP contribution in [0.1, 0.15) is 10.4 Å². The molecule has 2 aromatic carbocycles. The van der Waals surface area contributed by atoms with Crippen LogP contribution in [-0.2, 0) is 0 Å². The van der Waals surface area contributed by atoms with Crippen LogP contribution in [0.3, 0.4) is 0 Å². The molecule has 0 heterocycles. The number of rotatable bonds is 3. The molecule has 0 aliphatic heterocycles. The third-order valence-electron chi connectivity index (χ3n) is 2.86. The van der Waals surface area contributed by atoms with Crippen molar-refractivity contribution < 1.29 is 9.18 Å². The molecule has 1 N–H and O–H groups in total. The maximum absolute atomic E-state index is 13.3. The SMILES string of the molecule is CN(C)c1ccc(Br)cc1NC(=O)c1cc(F)ccc1Br. The minimum absolute atomic E-state index is 0.250. The van der Waals surface area contributed by atoms with E-state index in [2.05, 4.69) is 37.2 Å². The minimum Gasteiger partial charge on any atom is -0.376 e. The van der Waals surface area contributed by atoms with E-state index < -0.39 is 5.82 Å². The monoisotopic (exact) mass is 414 g/mol. The van der Waals surface area contributed by atoms with Crippen molar-refractivity contribution in [2.75, 3.05) is 24.3 Å². The van der Waals surface area contributed by atoms with Gasteiger partial charge in [-0.2, -0.15) is 0 Å². The molecule has 0 fully saturated rings. The van der Waals surface area contributed by atoms with Gasteiger partial charge in [-0.15, -0.1) is 0 Å². The van der Waals surface area contributed by atoms with E-state index in [0.717, 1.165) is 10.2 Å². The number of carbonyl (C=O) groups excluding carboxylic acids is 1. The highest BCUT2D eigenvalue weighted by Gasteiger charge is 2.14. The summed E-state index contributed by atoms with van der Waals surface area (Å²) in [6.07, 6.45) is 0. The average Bonchev–Trinajstić information content (AvgIpc) is 2.41. The van der Waals surface area contributed by atoms with E-state index in [1.165, 1.54) is 18.2 Å². The van der Waals surface area contributed by atoms with Gasteiger partial charge in [-0.3, -0.25) is 4.79 Å². The molecule has 0 spiro atoms. The Balaban J connectivity index is 2.35. The van der Waals surface area contributed by atoms with Crippen molar-refractivity contribution in [3.63, 3.8) is 0 Å². The summed E-state index contributed by atoms with van der Waals surface area (Å²) in [6, 6.07) is 9.60. The molecule has 0 saturated heterocycles.